The Morgan fingerprint density at radius 3 is 3.21 bits per heavy atom. The predicted molar refractivity (Wildman–Crippen MR) is 50.9 cm³/mol. The summed E-state index contributed by atoms with van der Waals surface area (Å²) in [6.45, 7) is 0.590. The minimum atomic E-state index is -0.172. The maximum Gasteiger partial charge on any atom is 0.252 e. The molecule has 2 heterocycles. The molecule has 2 aromatic rings. The van der Waals surface area contributed by atoms with Gasteiger partial charge in [-0.05, 0) is 6.07 Å². The van der Waals surface area contributed by atoms with Crippen LogP contribution in [0.4, 0.5) is 5.82 Å². The lowest BCUT2D eigenvalue weighted by Gasteiger charge is -2.01. The van der Waals surface area contributed by atoms with E-state index in [1.165, 1.54) is 12.4 Å². The molecule has 0 amide bonds. The van der Waals surface area contributed by atoms with Crippen LogP contribution in [0.25, 0.3) is 0 Å². The molecule has 2 N–H and O–H groups in total. The van der Waals surface area contributed by atoms with E-state index in [4.69, 9.17) is 4.42 Å². The van der Waals surface area contributed by atoms with Crippen LogP contribution in [0.2, 0.25) is 0 Å². The van der Waals surface area contributed by atoms with E-state index in [-0.39, 0.29) is 5.56 Å². The van der Waals surface area contributed by atoms with Crippen molar-refractivity contribution in [2.75, 3.05) is 5.32 Å². The molecule has 2 aromatic heterocycles. The van der Waals surface area contributed by atoms with Gasteiger partial charge in [-0.25, -0.2) is 4.98 Å². The summed E-state index contributed by atoms with van der Waals surface area (Å²) in [6.07, 6.45) is 4.60. The fraction of sp³-hybridized carbons (Fsp3) is 0.111. The molecule has 0 bridgehead atoms. The Hall–Kier alpha value is -2.04. The molecule has 0 aliphatic heterocycles. The number of nitrogens with one attached hydrogen (secondary N) is 2. The molecule has 14 heavy (non-hydrogen) atoms. The molecule has 0 aliphatic rings. The minimum absolute atomic E-state index is 0.172. The molecule has 0 aromatic carbocycles. The molecule has 0 fully saturated rings. The molecule has 72 valence electrons. The average Bonchev–Trinajstić information content (AvgIpc) is 2.67. The highest BCUT2D eigenvalue weighted by Gasteiger charge is 1.96. The van der Waals surface area contributed by atoms with Crippen molar-refractivity contribution in [2.24, 2.45) is 0 Å². The highest BCUT2D eigenvalue weighted by atomic mass is 16.3. The zero-order chi connectivity index (χ0) is 9.80. The summed E-state index contributed by atoms with van der Waals surface area (Å²) in [5, 5.41) is 3.00. The lowest BCUT2D eigenvalue weighted by molar-refractivity contribution is 0.564. The molecule has 5 heteroatoms. The van der Waals surface area contributed by atoms with Crippen LogP contribution in [-0.4, -0.2) is 9.97 Å². The molecule has 0 saturated heterocycles. The second-order valence-corrected chi connectivity index (χ2v) is 2.78. The quantitative estimate of drug-likeness (QED) is 0.758. The van der Waals surface area contributed by atoms with Gasteiger partial charge in [0, 0.05) is 18.2 Å². The maximum atomic E-state index is 10.9. The van der Waals surface area contributed by atoms with Gasteiger partial charge in [-0.3, -0.25) is 4.79 Å². The first kappa shape index (κ1) is 8.55. The van der Waals surface area contributed by atoms with Crippen LogP contribution >= 0.6 is 0 Å². The first-order valence-corrected chi connectivity index (χ1v) is 4.14. The fourth-order valence-electron chi connectivity index (χ4n) is 1.05. The molecule has 0 atom stereocenters. The fourth-order valence-corrected chi connectivity index (χ4v) is 1.05. The van der Waals surface area contributed by atoms with Crippen LogP contribution in [0.15, 0.2) is 40.2 Å². The SMILES string of the molecule is O=c1cc(NCc2ccoc2)nc[nH]1. The highest BCUT2D eigenvalue weighted by Crippen LogP contribution is 2.03. The number of hydrogen-bond donors (Lipinski definition) is 2. The second kappa shape index (κ2) is 3.78. The molecule has 0 radical (unpaired) electrons. The summed E-state index contributed by atoms with van der Waals surface area (Å²) in [4.78, 5) is 17.3. The molecular formula is C9H9N3O2. The van der Waals surface area contributed by atoms with E-state index >= 15 is 0 Å². The van der Waals surface area contributed by atoms with Gasteiger partial charge in [-0.2, -0.15) is 0 Å². The van der Waals surface area contributed by atoms with Gasteiger partial charge >= 0.3 is 0 Å². The Morgan fingerprint density at radius 2 is 2.50 bits per heavy atom. The molecule has 2 rings (SSSR count). The zero-order valence-electron chi connectivity index (χ0n) is 7.36. The molecule has 0 unspecified atom stereocenters. The number of anilines is 1. The third-order valence-electron chi connectivity index (χ3n) is 1.73. The van der Waals surface area contributed by atoms with Crippen molar-refractivity contribution in [3.8, 4) is 0 Å². The van der Waals surface area contributed by atoms with Crippen molar-refractivity contribution in [3.63, 3.8) is 0 Å². The maximum absolute atomic E-state index is 10.9. The van der Waals surface area contributed by atoms with Gasteiger partial charge in [0.15, 0.2) is 0 Å². The summed E-state index contributed by atoms with van der Waals surface area (Å²) in [6, 6.07) is 3.25. The number of furan rings is 1. The van der Waals surface area contributed by atoms with Crippen LogP contribution in [-0.2, 0) is 6.54 Å². The van der Waals surface area contributed by atoms with E-state index in [2.05, 4.69) is 15.3 Å². The third kappa shape index (κ3) is 2.01. The summed E-state index contributed by atoms with van der Waals surface area (Å²) < 4.78 is 4.90. The molecule has 0 saturated carbocycles. The van der Waals surface area contributed by atoms with Crippen LogP contribution in [0.3, 0.4) is 0 Å². The number of H-pyrrole nitrogens is 1. The first-order chi connectivity index (χ1) is 6.84. The second-order valence-electron chi connectivity index (χ2n) is 2.78. The lowest BCUT2D eigenvalue weighted by Crippen LogP contribution is -2.08. The molecule has 0 aliphatic carbocycles. The van der Waals surface area contributed by atoms with Crippen molar-refractivity contribution >= 4 is 5.82 Å². The highest BCUT2D eigenvalue weighted by molar-refractivity contribution is 5.32. The summed E-state index contributed by atoms with van der Waals surface area (Å²) in [5.74, 6) is 0.551. The molecule has 0 spiro atoms. The van der Waals surface area contributed by atoms with E-state index in [1.807, 2.05) is 6.07 Å². The van der Waals surface area contributed by atoms with Crippen LogP contribution < -0.4 is 10.9 Å². The van der Waals surface area contributed by atoms with Gasteiger partial charge in [0.1, 0.15) is 5.82 Å². The van der Waals surface area contributed by atoms with Crippen molar-refractivity contribution in [1.82, 2.24) is 9.97 Å². The summed E-state index contributed by atoms with van der Waals surface area (Å²) >= 11 is 0. The van der Waals surface area contributed by atoms with E-state index in [0.717, 1.165) is 5.56 Å². The standard InChI is InChI=1S/C9H9N3O2/c13-9-3-8(11-6-12-9)10-4-7-1-2-14-5-7/h1-3,5-6H,4H2,(H2,10,11,12,13). The Balaban J connectivity index is 2.02. The van der Waals surface area contributed by atoms with Gasteiger partial charge in [-0.15, -0.1) is 0 Å². The number of aromatic amines is 1. The smallest absolute Gasteiger partial charge is 0.252 e. The molecular weight excluding hydrogens is 182 g/mol. The van der Waals surface area contributed by atoms with Gasteiger partial charge < -0.3 is 14.7 Å². The van der Waals surface area contributed by atoms with Crippen LogP contribution in [0.5, 0.6) is 0 Å². The largest absolute Gasteiger partial charge is 0.472 e. The normalized spacial score (nSPS) is 10.0. The van der Waals surface area contributed by atoms with E-state index in [9.17, 15) is 4.79 Å². The summed E-state index contributed by atoms with van der Waals surface area (Å²) in [7, 11) is 0. The number of nitrogens with zero attached hydrogens (tertiary/aromatic N) is 1. The van der Waals surface area contributed by atoms with Gasteiger partial charge in [0.25, 0.3) is 5.56 Å². The monoisotopic (exact) mass is 191 g/mol. The zero-order valence-corrected chi connectivity index (χ0v) is 7.36. The average molecular weight is 191 g/mol. The van der Waals surface area contributed by atoms with Crippen molar-refractivity contribution in [2.45, 2.75) is 6.54 Å². The van der Waals surface area contributed by atoms with Crippen molar-refractivity contribution in [1.29, 1.82) is 0 Å². The Morgan fingerprint density at radius 1 is 1.57 bits per heavy atom. The number of rotatable bonds is 3. The topological polar surface area (TPSA) is 70.9 Å². The van der Waals surface area contributed by atoms with E-state index in [0.29, 0.717) is 12.4 Å². The van der Waals surface area contributed by atoms with Gasteiger partial charge in [0.05, 0.1) is 18.9 Å². The number of hydrogen-bond acceptors (Lipinski definition) is 4. The van der Waals surface area contributed by atoms with Crippen molar-refractivity contribution in [3.05, 3.63) is 46.9 Å². The Bertz CT molecular complexity index is 447. The van der Waals surface area contributed by atoms with E-state index in [1.54, 1.807) is 12.5 Å². The lowest BCUT2D eigenvalue weighted by atomic mass is 10.3. The number of aromatic nitrogens is 2. The molecule has 5 nitrogen and oxygen atoms in total. The van der Waals surface area contributed by atoms with Crippen molar-refractivity contribution < 1.29 is 4.42 Å². The predicted octanol–water partition coefficient (Wildman–Crippen LogP) is 0.975. The first-order valence-electron chi connectivity index (χ1n) is 4.14. The Kier molecular flexibility index (Phi) is 2.31. The van der Waals surface area contributed by atoms with Crippen LogP contribution in [0.1, 0.15) is 5.56 Å². The van der Waals surface area contributed by atoms with Crippen LogP contribution in [0, 0.1) is 0 Å². The summed E-state index contributed by atoms with van der Waals surface area (Å²) in [5.41, 5.74) is 0.835. The van der Waals surface area contributed by atoms with Gasteiger partial charge in [0.2, 0.25) is 0 Å². The minimum Gasteiger partial charge on any atom is -0.472 e. The Labute approximate surface area is 79.8 Å². The third-order valence-corrected chi connectivity index (χ3v) is 1.73. The van der Waals surface area contributed by atoms with E-state index < -0.39 is 0 Å². The van der Waals surface area contributed by atoms with Gasteiger partial charge in [-0.1, -0.05) is 0 Å².